The van der Waals surface area contributed by atoms with E-state index >= 15 is 0 Å². The van der Waals surface area contributed by atoms with Crippen molar-refractivity contribution in [2.24, 2.45) is 5.92 Å². The van der Waals surface area contributed by atoms with Crippen LogP contribution < -0.4 is 5.32 Å². The number of aromatic nitrogens is 2. The maximum Gasteiger partial charge on any atom is 0.0540 e. The predicted molar refractivity (Wildman–Crippen MR) is 70.9 cm³/mol. The largest absolute Gasteiger partial charge is 0.307 e. The third-order valence-corrected chi connectivity index (χ3v) is 4.15. The van der Waals surface area contributed by atoms with Gasteiger partial charge < -0.3 is 5.32 Å². The number of rotatable bonds is 3. The van der Waals surface area contributed by atoms with Crippen LogP contribution in [0.4, 0.5) is 0 Å². The van der Waals surface area contributed by atoms with Gasteiger partial charge in [0.25, 0.3) is 0 Å². The van der Waals surface area contributed by atoms with Crippen LogP contribution in [0.5, 0.6) is 0 Å². The van der Waals surface area contributed by atoms with Crippen LogP contribution in [-0.2, 0) is 12.1 Å². The Bertz CT molecular complexity index is 346. The van der Waals surface area contributed by atoms with E-state index in [-0.39, 0.29) is 5.54 Å². The Hall–Kier alpha value is -0.830. The molecule has 1 aromatic rings. The molecule has 0 spiro atoms. The molecule has 1 unspecified atom stereocenters. The Kier molecular flexibility index (Phi) is 3.87. The quantitative estimate of drug-likeness (QED) is 0.873. The second-order valence-electron chi connectivity index (χ2n) is 5.45. The van der Waals surface area contributed by atoms with Gasteiger partial charge in [0.05, 0.1) is 6.20 Å². The van der Waals surface area contributed by atoms with E-state index in [1.807, 2.05) is 4.68 Å². The minimum absolute atomic E-state index is 0.143. The van der Waals surface area contributed by atoms with Crippen LogP contribution in [0, 0.1) is 5.92 Å². The summed E-state index contributed by atoms with van der Waals surface area (Å²) in [5.74, 6) is 0.607. The van der Waals surface area contributed by atoms with Gasteiger partial charge in [0, 0.05) is 23.8 Å². The van der Waals surface area contributed by atoms with Gasteiger partial charge in [-0.25, -0.2) is 0 Å². The highest BCUT2D eigenvalue weighted by molar-refractivity contribution is 5.20. The SMILES string of the molecule is CCn1cc(C2(C(C)C)CCCCCN2)cn1. The zero-order valence-electron chi connectivity index (χ0n) is 11.4. The number of hydrogen-bond acceptors (Lipinski definition) is 2. The van der Waals surface area contributed by atoms with Gasteiger partial charge in [0.2, 0.25) is 0 Å². The molecule has 0 bridgehead atoms. The summed E-state index contributed by atoms with van der Waals surface area (Å²) in [5.41, 5.74) is 1.51. The minimum atomic E-state index is 0.143. The van der Waals surface area contributed by atoms with Gasteiger partial charge >= 0.3 is 0 Å². The summed E-state index contributed by atoms with van der Waals surface area (Å²) in [5, 5.41) is 8.24. The Balaban J connectivity index is 2.31. The minimum Gasteiger partial charge on any atom is -0.307 e. The van der Waals surface area contributed by atoms with Crippen LogP contribution >= 0.6 is 0 Å². The van der Waals surface area contributed by atoms with Crippen molar-refractivity contribution in [3.05, 3.63) is 18.0 Å². The van der Waals surface area contributed by atoms with Crippen molar-refractivity contribution in [1.82, 2.24) is 15.1 Å². The lowest BCUT2D eigenvalue weighted by Crippen LogP contribution is -2.46. The zero-order valence-corrected chi connectivity index (χ0v) is 11.4. The Morgan fingerprint density at radius 2 is 2.24 bits per heavy atom. The highest BCUT2D eigenvalue weighted by Crippen LogP contribution is 2.36. The van der Waals surface area contributed by atoms with Gasteiger partial charge in [-0.1, -0.05) is 26.7 Å². The van der Waals surface area contributed by atoms with Gasteiger partial charge in [0.1, 0.15) is 0 Å². The van der Waals surface area contributed by atoms with E-state index in [2.05, 4.69) is 43.6 Å². The first-order valence-electron chi connectivity index (χ1n) is 6.97. The molecule has 3 nitrogen and oxygen atoms in total. The molecule has 1 aliphatic rings. The lowest BCUT2D eigenvalue weighted by atomic mass is 9.78. The molecule has 0 aliphatic carbocycles. The fourth-order valence-electron chi connectivity index (χ4n) is 2.94. The molecule has 0 saturated carbocycles. The van der Waals surface area contributed by atoms with E-state index in [1.54, 1.807) is 0 Å². The fraction of sp³-hybridized carbons (Fsp3) is 0.786. The zero-order chi connectivity index (χ0) is 12.3. The molecule has 17 heavy (non-hydrogen) atoms. The van der Waals surface area contributed by atoms with Crippen LogP contribution in [0.15, 0.2) is 12.4 Å². The summed E-state index contributed by atoms with van der Waals surface area (Å²) in [6, 6.07) is 0. The molecule has 1 N–H and O–H groups in total. The van der Waals surface area contributed by atoms with E-state index in [0.717, 1.165) is 13.1 Å². The molecular weight excluding hydrogens is 210 g/mol. The second-order valence-corrected chi connectivity index (χ2v) is 5.45. The first-order chi connectivity index (χ1) is 8.19. The van der Waals surface area contributed by atoms with Crippen molar-refractivity contribution in [2.45, 2.75) is 58.5 Å². The summed E-state index contributed by atoms with van der Waals surface area (Å²) in [7, 11) is 0. The van der Waals surface area contributed by atoms with E-state index < -0.39 is 0 Å². The number of nitrogens with zero attached hydrogens (tertiary/aromatic N) is 2. The normalized spacial score (nSPS) is 26.1. The first-order valence-corrected chi connectivity index (χ1v) is 6.97. The Morgan fingerprint density at radius 1 is 1.41 bits per heavy atom. The summed E-state index contributed by atoms with van der Waals surface area (Å²) in [4.78, 5) is 0. The summed E-state index contributed by atoms with van der Waals surface area (Å²) >= 11 is 0. The van der Waals surface area contributed by atoms with Crippen LogP contribution in [0.1, 0.15) is 52.0 Å². The molecule has 1 fully saturated rings. The van der Waals surface area contributed by atoms with Crippen molar-refractivity contribution in [3.8, 4) is 0 Å². The number of hydrogen-bond donors (Lipinski definition) is 1. The molecule has 0 aromatic carbocycles. The second kappa shape index (κ2) is 5.21. The maximum absolute atomic E-state index is 4.44. The van der Waals surface area contributed by atoms with Gasteiger partial charge in [-0.2, -0.15) is 5.10 Å². The average molecular weight is 235 g/mol. The molecule has 1 aromatic heterocycles. The number of nitrogens with one attached hydrogen (secondary N) is 1. The molecule has 1 aliphatic heterocycles. The molecule has 0 amide bonds. The van der Waals surface area contributed by atoms with Crippen molar-refractivity contribution in [2.75, 3.05) is 6.54 Å². The van der Waals surface area contributed by atoms with Gasteiger partial charge in [-0.3, -0.25) is 4.68 Å². The lowest BCUT2D eigenvalue weighted by molar-refractivity contribution is 0.230. The highest BCUT2D eigenvalue weighted by atomic mass is 15.3. The molecule has 1 atom stereocenters. The van der Waals surface area contributed by atoms with Gasteiger partial charge in [-0.15, -0.1) is 0 Å². The molecule has 96 valence electrons. The molecule has 2 heterocycles. The summed E-state index contributed by atoms with van der Waals surface area (Å²) in [6.07, 6.45) is 9.49. The summed E-state index contributed by atoms with van der Waals surface area (Å²) < 4.78 is 2.03. The lowest BCUT2D eigenvalue weighted by Gasteiger charge is -2.37. The molecule has 3 heteroatoms. The predicted octanol–water partition coefficient (Wildman–Crippen LogP) is 2.92. The van der Waals surface area contributed by atoms with Crippen LogP contribution in [-0.4, -0.2) is 16.3 Å². The van der Waals surface area contributed by atoms with Crippen LogP contribution in [0.2, 0.25) is 0 Å². The van der Waals surface area contributed by atoms with E-state index in [9.17, 15) is 0 Å². The van der Waals surface area contributed by atoms with E-state index in [0.29, 0.717) is 5.92 Å². The highest BCUT2D eigenvalue weighted by Gasteiger charge is 2.36. The van der Waals surface area contributed by atoms with Crippen molar-refractivity contribution in [1.29, 1.82) is 0 Å². The Morgan fingerprint density at radius 3 is 2.88 bits per heavy atom. The van der Waals surface area contributed by atoms with Crippen molar-refractivity contribution < 1.29 is 0 Å². The van der Waals surface area contributed by atoms with E-state index in [1.165, 1.54) is 31.2 Å². The molecule has 1 saturated heterocycles. The van der Waals surface area contributed by atoms with Crippen molar-refractivity contribution in [3.63, 3.8) is 0 Å². The third-order valence-electron chi connectivity index (χ3n) is 4.15. The van der Waals surface area contributed by atoms with E-state index in [4.69, 9.17) is 0 Å². The monoisotopic (exact) mass is 235 g/mol. The molecule has 0 radical (unpaired) electrons. The Labute approximate surface area is 105 Å². The van der Waals surface area contributed by atoms with Gasteiger partial charge in [-0.05, 0) is 32.2 Å². The fourth-order valence-corrected chi connectivity index (χ4v) is 2.94. The summed E-state index contributed by atoms with van der Waals surface area (Å²) in [6.45, 7) is 8.87. The maximum atomic E-state index is 4.44. The van der Waals surface area contributed by atoms with Crippen molar-refractivity contribution >= 4 is 0 Å². The molecular formula is C14H25N3. The third kappa shape index (κ3) is 2.39. The smallest absolute Gasteiger partial charge is 0.0540 e. The first kappa shape index (κ1) is 12.6. The molecule has 2 rings (SSSR count). The van der Waals surface area contributed by atoms with Crippen LogP contribution in [0.25, 0.3) is 0 Å². The topological polar surface area (TPSA) is 29.9 Å². The standard InChI is InChI=1S/C14H25N3/c1-4-17-11-13(10-16-17)14(12(2)3)8-6-5-7-9-15-14/h10-12,15H,4-9H2,1-3H3. The number of aryl methyl sites for hydroxylation is 1. The van der Waals surface area contributed by atoms with Crippen LogP contribution in [0.3, 0.4) is 0 Å². The van der Waals surface area contributed by atoms with Gasteiger partial charge in [0.15, 0.2) is 0 Å². The average Bonchev–Trinajstić information content (AvgIpc) is 2.66.